The molecule has 0 amide bonds. The molecule has 1 aromatic carbocycles. The Bertz CT molecular complexity index is 1570. The summed E-state index contributed by atoms with van der Waals surface area (Å²) in [6.45, 7) is 1.99. The summed E-state index contributed by atoms with van der Waals surface area (Å²) >= 11 is 0. The van der Waals surface area contributed by atoms with E-state index in [1.807, 2.05) is 56.4 Å². The van der Waals surface area contributed by atoms with E-state index in [0.29, 0.717) is 12.0 Å². The van der Waals surface area contributed by atoms with Crippen molar-refractivity contribution in [3.63, 3.8) is 0 Å². The molecule has 0 saturated heterocycles. The number of ether oxygens (including phenoxy) is 1. The van der Waals surface area contributed by atoms with Gasteiger partial charge in [0.1, 0.15) is 17.2 Å². The highest BCUT2D eigenvalue weighted by Crippen LogP contribution is 2.38. The van der Waals surface area contributed by atoms with Crippen molar-refractivity contribution in [1.29, 1.82) is 0 Å². The molecule has 1 saturated carbocycles. The van der Waals surface area contributed by atoms with E-state index in [2.05, 4.69) is 47.8 Å². The van der Waals surface area contributed by atoms with Gasteiger partial charge in [0, 0.05) is 49.0 Å². The van der Waals surface area contributed by atoms with Gasteiger partial charge in [-0.1, -0.05) is 25.3 Å². The van der Waals surface area contributed by atoms with Gasteiger partial charge in [-0.3, -0.25) is 4.68 Å². The van der Waals surface area contributed by atoms with Crippen molar-refractivity contribution in [3.8, 4) is 28.3 Å². The lowest BCUT2D eigenvalue weighted by Gasteiger charge is -2.26. The van der Waals surface area contributed by atoms with E-state index in [4.69, 9.17) is 9.72 Å². The van der Waals surface area contributed by atoms with Crippen molar-refractivity contribution in [3.05, 3.63) is 54.9 Å². The molecular weight excluding hydrogens is 464 g/mol. The minimum atomic E-state index is 0.417. The van der Waals surface area contributed by atoms with E-state index >= 15 is 0 Å². The highest BCUT2D eigenvalue weighted by Gasteiger charge is 2.23. The molecule has 0 bridgehead atoms. The van der Waals surface area contributed by atoms with E-state index in [0.717, 1.165) is 63.7 Å². The van der Waals surface area contributed by atoms with Gasteiger partial charge in [-0.25, -0.2) is 9.97 Å². The van der Waals surface area contributed by atoms with Crippen molar-refractivity contribution in [2.24, 2.45) is 14.1 Å². The van der Waals surface area contributed by atoms with Crippen LogP contribution in [0.1, 0.15) is 44.0 Å². The van der Waals surface area contributed by atoms with Crippen molar-refractivity contribution < 1.29 is 4.74 Å². The third kappa shape index (κ3) is 4.24. The molecule has 1 aliphatic rings. The fourth-order valence-corrected chi connectivity index (χ4v) is 5.40. The van der Waals surface area contributed by atoms with Crippen LogP contribution in [-0.4, -0.2) is 41.0 Å². The number of aromatic nitrogens is 7. The summed E-state index contributed by atoms with van der Waals surface area (Å²) in [6, 6.07) is 8.69. The molecule has 9 heteroatoms. The zero-order valence-corrected chi connectivity index (χ0v) is 21.8. The summed E-state index contributed by atoms with van der Waals surface area (Å²) in [7, 11) is 5.64. The minimum absolute atomic E-state index is 0.417. The fourth-order valence-electron chi connectivity index (χ4n) is 5.40. The Morgan fingerprint density at radius 1 is 0.946 bits per heavy atom. The number of aryl methyl sites for hydroxylation is 2. The Hall–Kier alpha value is -4.14. The molecule has 0 spiro atoms. The zero-order valence-electron chi connectivity index (χ0n) is 21.8. The normalized spacial score (nSPS) is 14.4. The average molecular weight is 497 g/mol. The molecule has 0 aliphatic heterocycles. The largest absolute Gasteiger partial charge is 0.495 e. The number of nitrogens with zero attached hydrogens (tertiary/aromatic N) is 7. The SMILES string of the molecule is COc1cc(-c2cnc(C)n2C)ccc1Nc1ncc2cc(-c3cnn(C)c3)n(C3CCCCC3)c2n1. The molecule has 37 heavy (non-hydrogen) atoms. The van der Waals surface area contributed by atoms with Gasteiger partial charge in [0.15, 0.2) is 0 Å². The number of methoxy groups -OCH3 is 1. The predicted octanol–water partition coefficient (Wildman–Crippen LogP) is 5.80. The molecule has 0 radical (unpaired) electrons. The lowest BCUT2D eigenvalue weighted by molar-refractivity contribution is 0.362. The first kappa shape index (κ1) is 23.3. The summed E-state index contributed by atoms with van der Waals surface area (Å²) in [5.41, 5.74) is 6.08. The maximum Gasteiger partial charge on any atom is 0.229 e. The molecule has 4 heterocycles. The molecule has 4 aromatic heterocycles. The van der Waals surface area contributed by atoms with Crippen molar-refractivity contribution in [2.75, 3.05) is 12.4 Å². The second-order valence-corrected chi connectivity index (χ2v) is 9.86. The number of nitrogens with one attached hydrogen (secondary N) is 1. The molecular formula is C28H32N8O. The van der Waals surface area contributed by atoms with Crippen LogP contribution in [0.3, 0.4) is 0 Å². The molecule has 1 fully saturated rings. The molecule has 6 rings (SSSR count). The van der Waals surface area contributed by atoms with Gasteiger partial charge >= 0.3 is 0 Å². The van der Waals surface area contributed by atoms with Crippen molar-refractivity contribution in [1.82, 2.24) is 33.9 Å². The van der Waals surface area contributed by atoms with Crippen LogP contribution in [0.15, 0.2) is 49.1 Å². The third-order valence-electron chi connectivity index (χ3n) is 7.48. The predicted molar refractivity (Wildman–Crippen MR) is 145 cm³/mol. The highest BCUT2D eigenvalue weighted by atomic mass is 16.5. The van der Waals surface area contributed by atoms with Crippen LogP contribution in [0.2, 0.25) is 0 Å². The van der Waals surface area contributed by atoms with Crippen molar-refractivity contribution >= 4 is 22.7 Å². The van der Waals surface area contributed by atoms with Gasteiger partial charge in [-0.2, -0.15) is 10.1 Å². The minimum Gasteiger partial charge on any atom is -0.495 e. The van der Waals surface area contributed by atoms with Crippen LogP contribution in [0.25, 0.3) is 33.5 Å². The Balaban J connectivity index is 1.39. The van der Waals surface area contributed by atoms with Gasteiger partial charge < -0.3 is 19.2 Å². The Labute approximate surface area is 216 Å². The van der Waals surface area contributed by atoms with Crippen LogP contribution < -0.4 is 10.1 Å². The lowest BCUT2D eigenvalue weighted by atomic mass is 9.95. The summed E-state index contributed by atoms with van der Waals surface area (Å²) in [5.74, 6) is 2.23. The van der Waals surface area contributed by atoms with Gasteiger partial charge in [0.25, 0.3) is 0 Å². The number of fused-ring (bicyclic) bond motifs is 1. The van der Waals surface area contributed by atoms with Gasteiger partial charge in [0.2, 0.25) is 5.95 Å². The van der Waals surface area contributed by atoms with Gasteiger partial charge in [-0.05, 0) is 38.0 Å². The Morgan fingerprint density at radius 2 is 1.78 bits per heavy atom. The zero-order chi connectivity index (χ0) is 25.5. The number of rotatable bonds is 6. The smallest absolute Gasteiger partial charge is 0.229 e. The van der Waals surface area contributed by atoms with E-state index in [-0.39, 0.29) is 0 Å². The second-order valence-electron chi connectivity index (χ2n) is 9.86. The van der Waals surface area contributed by atoms with Crippen LogP contribution in [-0.2, 0) is 14.1 Å². The maximum atomic E-state index is 5.73. The third-order valence-corrected chi connectivity index (χ3v) is 7.48. The topological polar surface area (TPSA) is 87.6 Å². The summed E-state index contributed by atoms with van der Waals surface area (Å²) in [4.78, 5) is 14.1. The first-order valence-electron chi connectivity index (χ1n) is 12.8. The van der Waals surface area contributed by atoms with E-state index < -0.39 is 0 Å². The summed E-state index contributed by atoms with van der Waals surface area (Å²) in [6.07, 6.45) is 13.9. The number of imidazole rings is 1. The fraction of sp³-hybridized carbons (Fsp3) is 0.357. The molecule has 190 valence electrons. The van der Waals surface area contributed by atoms with E-state index in [9.17, 15) is 0 Å². The monoisotopic (exact) mass is 496 g/mol. The van der Waals surface area contributed by atoms with Crippen LogP contribution >= 0.6 is 0 Å². The van der Waals surface area contributed by atoms with Crippen LogP contribution in [0.5, 0.6) is 5.75 Å². The van der Waals surface area contributed by atoms with Gasteiger partial charge in [0.05, 0.1) is 36.6 Å². The van der Waals surface area contributed by atoms with Crippen LogP contribution in [0, 0.1) is 6.92 Å². The standard InChI is InChI=1S/C28H32N8O/c1-18-29-16-25(35(18)3)19-10-11-23(26(13-19)37-4)32-28-30-14-20-12-24(21-15-31-34(2)17-21)36(27(20)33-28)22-8-6-5-7-9-22/h10-17,22H,5-9H2,1-4H3,(H,30,32,33). The Kier molecular flexibility index (Phi) is 5.90. The number of hydrogen-bond donors (Lipinski definition) is 1. The van der Waals surface area contributed by atoms with E-state index in [1.54, 1.807) is 7.11 Å². The summed E-state index contributed by atoms with van der Waals surface area (Å²) in [5, 5.41) is 8.84. The van der Waals surface area contributed by atoms with Crippen LogP contribution in [0.4, 0.5) is 11.6 Å². The molecule has 1 N–H and O–H groups in total. The number of benzene rings is 1. The molecule has 5 aromatic rings. The Morgan fingerprint density at radius 3 is 2.49 bits per heavy atom. The quantitative estimate of drug-likeness (QED) is 0.320. The maximum absolute atomic E-state index is 5.73. The molecule has 0 atom stereocenters. The first-order valence-corrected chi connectivity index (χ1v) is 12.8. The lowest BCUT2D eigenvalue weighted by Crippen LogP contribution is -2.14. The molecule has 1 aliphatic carbocycles. The van der Waals surface area contributed by atoms with Gasteiger partial charge in [-0.15, -0.1) is 0 Å². The molecule has 0 unspecified atom stereocenters. The highest BCUT2D eigenvalue weighted by molar-refractivity contribution is 5.85. The average Bonchev–Trinajstić information content (AvgIpc) is 3.61. The first-order chi connectivity index (χ1) is 18.0. The summed E-state index contributed by atoms with van der Waals surface area (Å²) < 4.78 is 12.1. The number of hydrogen-bond acceptors (Lipinski definition) is 6. The number of anilines is 2. The second kappa shape index (κ2) is 9.38. The van der Waals surface area contributed by atoms with E-state index in [1.165, 1.54) is 19.3 Å². The molecule has 9 nitrogen and oxygen atoms in total. The van der Waals surface area contributed by atoms with Crippen molar-refractivity contribution in [2.45, 2.75) is 45.1 Å².